The van der Waals surface area contributed by atoms with Gasteiger partial charge in [0.05, 0.1) is 17.3 Å². The lowest BCUT2D eigenvalue weighted by Gasteiger charge is -2.06. The van der Waals surface area contributed by atoms with E-state index < -0.39 is 0 Å². The van der Waals surface area contributed by atoms with Crippen LogP contribution in [-0.2, 0) is 6.54 Å². The third-order valence-electron chi connectivity index (χ3n) is 3.85. The number of methoxy groups -OCH3 is 1. The van der Waals surface area contributed by atoms with Crippen LogP contribution in [0.2, 0.25) is 0 Å². The first kappa shape index (κ1) is 14.7. The molecule has 0 spiro atoms. The first-order valence-corrected chi connectivity index (χ1v) is 8.34. The van der Waals surface area contributed by atoms with Crippen molar-refractivity contribution in [2.24, 2.45) is 0 Å². The Bertz CT molecular complexity index is 1050. The number of aromatic nitrogens is 2. The fourth-order valence-electron chi connectivity index (χ4n) is 2.61. The van der Waals surface area contributed by atoms with Crippen molar-refractivity contribution in [1.29, 1.82) is 0 Å². The maximum Gasteiger partial charge on any atom is 0.253 e. The molecule has 0 amide bonds. The Balaban J connectivity index is 1.63. The van der Waals surface area contributed by atoms with Gasteiger partial charge in [-0.15, -0.1) is 0 Å². The Morgan fingerprint density at radius 1 is 1.21 bits per heavy atom. The van der Waals surface area contributed by atoms with Gasteiger partial charge in [0.25, 0.3) is 5.56 Å². The van der Waals surface area contributed by atoms with Gasteiger partial charge in [-0.3, -0.25) is 4.79 Å². The number of aromatic amines is 1. The maximum atomic E-state index is 12.2. The molecule has 2 aromatic heterocycles. The monoisotopic (exact) mass is 337 g/mol. The summed E-state index contributed by atoms with van der Waals surface area (Å²) in [6.45, 7) is 0.419. The van der Waals surface area contributed by atoms with E-state index in [1.807, 2.05) is 48.5 Å². The van der Waals surface area contributed by atoms with Crippen LogP contribution < -0.4 is 15.6 Å². The van der Waals surface area contributed by atoms with Crippen molar-refractivity contribution in [2.75, 3.05) is 12.4 Å². The molecule has 0 aliphatic carbocycles. The lowest BCUT2D eigenvalue weighted by molar-refractivity contribution is 0.415. The van der Waals surface area contributed by atoms with Crippen molar-refractivity contribution < 1.29 is 4.74 Å². The molecule has 120 valence electrons. The number of benzene rings is 2. The van der Waals surface area contributed by atoms with E-state index in [0.717, 1.165) is 32.0 Å². The van der Waals surface area contributed by atoms with E-state index in [9.17, 15) is 4.79 Å². The smallest absolute Gasteiger partial charge is 0.253 e. The Hall–Kier alpha value is -2.86. The SMILES string of the molecule is COc1ccc2[nH]c(=O)c(CNc3nc4ccccc4s3)cc2c1. The number of thiazole rings is 1. The van der Waals surface area contributed by atoms with Gasteiger partial charge in [0.15, 0.2) is 5.13 Å². The molecule has 4 aromatic rings. The van der Waals surface area contributed by atoms with Crippen LogP contribution in [0.15, 0.2) is 53.3 Å². The van der Waals surface area contributed by atoms with Crippen molar-refractivity contribution in [1.82, 2.24) is 9.97 Å². The van der Waals surface area contributed by atoms with Gasteiger partial charge in [0.2, 0.25) is 0 Å². The van der Waals surface area contributed by atoms with Crippen molar-refractivity contribution in [3.05, 3.63) is 64.4 Å². The Labute approximate surface area is 141 Å². The molecule has 0 bridgehead atoms. The number of nitrogens with zero attached hydrogens (tertiary/aromatic N) is 1. The highest BCUT2D eigenvalue weighted by atomic mass is 32.1. The molecule has 0 aliphatic rings. The number of ether oxygens (including phenoxy) is 1. The lowest BCUT2D eigenvalue weighted by Crippen LogP contribution is -2.15. The molecule has 24 heavy (non-hydrogen) atoms. The Kier molecular flexibility index (Phi) is 3.66. The van der Waals surface area contributed by atoms with Crippen LogP contribution in [0.3, 0.4) is 0 Å². The fourth-order valence-corrected chi connectivity index (χ4v) is 3.47. The number of hydrogen-bond donors (Lipinski definition) is 2. The number of anilines is 1. The van der Waals surface area contributed by atoms with E-state index in [1.54, 1.807) is 18.4 Å². The summed E-state index contributed by atoms with van der Waals surface area (Å²) in [5.41, 5.74) is 2.32. The summed E-state index contributed by atoms with van der Waals surface area (Å²) in [6.07, 6.45) is 0. The second kappa shape index (κ2) is 5.98. The average Bonchev–Trinajstić information content (AvgIpc) is 3.02. The summed E-state index contributed by atoms with van der Waals surface area (Å²) in [5, 5.41) is 4.99. The largest absolute Gasteiger partial charge is 0.497 e. The Morgan fingerprint density at radius 3 is 2.92 bits per heavy atom. The number of pyridine rings is 1. The number of hydrogen-bond acceptors (Lipinski definition) is 5. The number of H-pyrrole nitrogens is 1. The zero-order valence-electron chi connectivity index (χ0n) is 13.0. The molecular formula is C18H15N3O2S. The quantitative estimate of drug-likeness (QED) is 0.595. The first-order valence-electron chi connectivity index (χ1n) is 7.52. The summed E-state index contributed by atoms with van der Waals surface area (Å²) in [7, 11) is 1.63. The molecule has 0 fully saturated rings. The van der Waals surface area contributed by atoms with E-state index in [0.29, 0.717) is 12.1 Å². The molecule has 2 heterocycles. The van der Waals surface area contributed by atoms with Gasteiger partial charge in [-0.25, -0.2) is 4.98 Å². The summed E-state index contributed by atoms with van der Waals surface area (Å²) < 4.78 is 6.36. The highest BCUT2D eigenvalue weighted by Crippen LogP contribution is 2.26. The van der Waals surface area contributed by atoms with Gasteiger partial charge in [-0.2, -0.15) is 0 Å². The molecule has 0 radical (unpaired) electrons. The van der Waals surface area contributed by atoms with Crippen molar-refractivity contribution in [3.63, 3.8) is 0 Å². The van der Waals surface area contributed by atoms with E-state index in [2.05, 4.69) is 15.3 Å². The molecule has 4 rings (SSSR count). The minimum atomic E-state index is -0.0960. The van der Waals surface area contributed by atoms with Gasteiger partial charge in [0.1, 0.15) is 5.75 Å². The predicted molar refractivity (Wildman–Crippen MR) is 98.1 cm³/mol. The molecular weight excluding hydrogens is 322 g/mol. The summed E-state index contributed by atoms with van der Waals surface area (Å²) in [5.74, 6) is 0.764. The normalized spacial score (nSPS) is 11.0. The second-order valence-electron chi connectivity index (χ2n) is 5.42. The standard InChI is InChI=1S/C18H15N3O2S/c1-23-13-6-7-14-11(9-13)8-12(17(22)20-14)10-19-18-21-15-4-2-3-5-16(15)24-18/h2-9H,10H2,1H3,(H,19,21)(H,20,22). The van der Waals surface area contributed by atoms with Crippen molar-refractivity contribution in [2.45, 2.75) is 6.54 Å². The van der Waals surface area contributed by atoms with Crippen molar-refractivity contribution >= 4 is 37.6 Å². The van der Waals surface area contributed by atoms with Gasteiger partial charge in [-0.05, 0) is 36.4 Å². The predicted octanol–water partition coefficient (Wildman–Crippen LogP) is 3.76. The highest BCUT2D eigenvalue weighted by molar-refractivity contribution is 7.22. The second-order valence-corrected chi connectivity index (χ2v) is 6.45. The van der Waals surface area contributed by atoms with Gasteiger partial charge in [0, 0.05) is 23.0 Å². The molecule has 0 saturated carbocycles. The molecule has 0 aliphatic heterocycles. The van der Waals surface area contributed by atoms with E-state index in [4.69, 9.17) is 4.74 Å². The molecule has 0 atom stereocenters. The van der Waals surface area contributed by atoms with Crippen molar-refractivity contribution in [3.8, 4) is 5.75 Å². The molecule has 5 nitrogen and oxygen atoms in total. The van der Waals surface area contributed by atoms with Gasteiger partial charge in [-0.1, -0.05) is 23.5 Å². The van der Waals surface area contributed by atoms with Crippen LogP contribution in [0, 0.1) is 0 Å². The van der Waals surface area contributed by atoms with Crippen LogP contribution >= 0.6 is 11.3 Å². The molecule has 2 N–H and O–H groups in total. The minimum Gasteiger partial charge on any atom is -0.497 e. The van der Waals surface area contributed by atoms with Crippen LogP contribution in [0.25, 0.3) is 21.1 Å². The van der Waals surface area contributed by atoms with Crippen LogP contribution in [-0.4, -0.2) is 17.1 Å². The van der Waals surface area contributed by atoms with Crippen LogP contribution in [0.5, 0.6) is 5.75 Å². The summed E-state index contributed by atoms with van der Waals surface area (Å²) >= 11 is 1.58. The topological polar surface area (TPSA) is 67.0 Å². The maximum absolute atomic E-state index is 12.2. The number of nitrogens with one attached hydrogen (secondary N) is 2. The summed E-state index contributed by atoms with van der Waals surface area (Å²) in [4.78, 5) is 19.7. The first-order chi connectivity index (χ1) is 11.7. The van der Waals surface area contributed by atoms with Gasteiger partial charge >= 0.3 is 0 Å². The number of fused-ring (bicyclic) bond motifs is 2. The van der Waals surface area contributed by atoms with E-state index in [-0.39, 0.29) is 5.56 Å². The zero-order chi connectivity index (χ0) is 16.5. The van der Waals surface area contributed by atoms with Crippen LogP contribution in [0.4, 0.5) is 5.13 Å². The lowest BCUT2D eigenvalue weighted by atomic mass is 10.1. The van der Waals surface area contributed by atoms with E-state index in [1.165, 1.54) is 0 Å². The summed E-state index contributed by atoms with van der Waals surface area (Å²) in [6, 6.07) is 15.4. The molecule has 0 saturated heterocycles. The Morgan fingerprint density at radius 2 is 2.08 bits per heavy atom. The molecule has 6 heteroatoms. The third kappa shape index (κ3) is 2.72. The minimum absolute atomic E-state index is 0.0960. The van der Waals surface area contributed by atoms with E-state index >= 15 is 0 Å². The highest BCUT2D eigenvalue weighted by Gasteiger charge is 2.07. The number of rotatable bonds is 4. The molecule has 0 unspecified atom stereocenters. The third-order valence-corrected chi connectivity index (χ3v) is 4.85. The fraction of sp³-hybridized carbons (Fsp3) is 0.111. The number of para-hydroxylation sites is 1. The zero-order valence-corrected chi connectivity index (χ0v) is 13.8. The van der Waals surface area contributed by atoms with Crippen LogP contribution in [0.1, 0.15) is 5.56 Å². The molecule has 2 aromatic carbocycles. The van der Waals surface area contributed by atoms with Gasteiger partial charge < -0.3 is 15.0 Å². The average molecular weight is 337 g/mol.